The van der Waals surface area contributed by atoms with E-state index in [0.29, 0.717) is 18.2 Å². The predicted octanol–water partition coefficient (Wildman–Crippen LogP) is 2.64. The average molecular weight is 248 g/mol. The standard InChI is InChI=1S/C14H20N2O2/c1-3-9-16(12-6-7-12)13-8-5-11(10-15-13)14(17)18-4-2/h5,8,10,12H,3-4,6-7,9H2,1-2H3. The molecule has 1 aromatic rings. The molecular formula is C14H20N2O2. The first kappa shape index (κ1) is 12.9. The fourth-order valence-electron chi connectivity index (χ4n) is 2.00. The molecule has 0 unspecified atom stereocenters. The molecule has 18 heavy (non-hydrogen) atoms. The highest BCUT2D eigenvalue weighted by atomic mass is 16.5. The molecule has 2 rings (SSSR count). The maximum atomic E-state index is 11.5. The largest absolute Gasteiger partial charge is 0.462 e. The lowest BCUT2D eigenvalue weighted by Gasteiger charge is -2.22. The fourth-order valence-corrected chi connectivity index (χ4v) is 2.00. The SMILES string of the molecule is CCCN(c1ccc(C(=O)OCC)cn1)C1CC1. The summed E-state index contributed by atoms with van der Waals surface area (Å²) in [4.78, 5) is 18.2. The van der Waals surface area contributed by atoms with Crippen LogP contribution in [-0.2, 0) is 4.74 Å². The summed E-state index contributed by atoms with van der Waals surface area (Å²) in [5.74, 6) is 0.664. The van der Waals surface area contributed by atoms with Gasteiger partial charge in [0.25, 0.3) is 0 Å². The number of carbonyl (C=O) groups is 1. The molecule has 0 spiro atoms. The highest BCUT2D eigenvalue weighted by Gasteiger charge is 2.29. The molecule has 4 heteroatoms. The maximum Gasteiger partial charge on any atom is 0.339 e. The fraction of sp³-hybridized carbons (Fsp3) is 0.571. The second-order valence-corrected chi connectivity index (χ2v) is 4.55. The van der Waals surface area contributed by atoms with Gasteiger partial charge in [-0.3, -0.25) is 0 Å². The summed E-state index contributed by atoms with van der Waals surface area (Å²) in [6, 6.07) is 4.36. The van der Waals surface area contributed by atoms with Gasteiger partial charge in [-0.2, -0.15) is 0 Å². The minimum absolute atomic E-state index is 0.301. The van der Waals surface area contributed by atoms with Crippen LogP contribution in [-0.4, -0.2) is 30.1 Å². The van der Waals surface area contributed by atoms with Gasteiger partial charge < -0.3 is 9.64 Å². The zero-order valence-corrected chi connectivity index (χ0v) is 11.1. The number of rotatable bonds is 6. The van der Waals surface area contributed by atoms with Crippen LogP contribution in [0.15, 0.2) is 18.3 Å². The monoisotopic (exact) mass is 248 g/mol. The van der Waals surface area contributed by atoms with Gasteiger partial charge >= 0.3 is 5.97 Å². The van der Waals surface area contributed by atoms with Crippen molar-refractivity contribution in [3.8, 4) is 0 Å². The number of nitrogens with zero attached hydrogens (tertiary/aromatic N) is 2. The molecule has 0 saturated heterocycles. The van der Waals surface area contributed by atoms with Crippen LogP contribution in [0.25, 0.3) is 0 Å². The molecule has 1 aromatic heterocycles. The molecule has 1 aliphatic carbocycles. The summed E-state index contributed by atoms with van der Waals surface area (Å²) >= 11 is 0. The quantitative estimate of drug-likeness (QED) is 0.726. The van der Waals surface area contributed by atoms with Crippen LogP contribution in [0.2, 0.25) is 0 Å². The number of anilines is 1. The number of pyridine rings is 1. The smallest absolute Gasteiger partial charge is 0.339 e. The van der Waals surface area contributed by atoms with Crippen LogP contribution < -0.4 is 4.90 Å². The van der Waals surface area contributed by atoms with Gasteiger partial charge in [0.05, 0.1) is 12.2 Å². The lowest BCUT2D eigenvalue weighted by molar-refractivity contribution is 0.0526. The lowest BCUT2D eigenvalue weighted by atomic mass is 10.2. The minimum atomic E-state index is -0.301. The van der Waals surface area contributed by atoms with Crippen molar-refractivity contribution in [2.75, 3.05) is 18.1 Å². The molecule has 0 radical (unpaired) electrons. The van der Waals surface area contributed by atoms with E-state index in [-0.39, 0.29) is 5.97 Å². The van der Waals surface area contributed by atoms with Crippen LogP contribution in [0.5, 0.6) is 0 Å². The van der Waals surface area contributed by atoms with Gasteiger partial charge in [-0.25, -0.2) is 9.78 Å². The second kappa shape index (κ2) is 5.85. The van der Waals surface area contributed by atoms with Crippen molar-refractivity contribution in [2.45, 2.75) is 39.2 Å². The Balaban J connectivity index is 2.07. The van der Waals surface area contributed by atoms with E-state index in [1.807, 2.05) is 6.07 Å². The van der Waals surface area contributed by atoms with E-state index < -0.39 is 0 Å². The molecule has 0 aliphatic heterocycles. The van der Waals surface area contributed by atoms with Crippen LogP contribution in [0.3, 0.4) is 0 Å². The van der Waals surface area contributed by atoms with Gasteiger partial charge in [0.1, 0.15) is 5.82 Å². The van der Waals surface area contributed by atoms with E-state index in [4.69, 9.17) is 4.74 Å². The molecule has 0 N–H and O–H groups in total. The van der Waals surface area contributed by atoms with Gasteiger partial charge in [0.15, 0.2) is 0 Å². The van der Waals surface area contributed by atoms with Crippen molar-refractivity contribution in [1.29, 1.82) is 0 Å². The lowest BCUT2D eigenvalue weighted by Crippen LogP contribution is -2.27. The molecule has 4 nitrogen and oxygen atoms in total. The molecule has 1 fully saturated rings. The molecule has 1 aliphatic rings. The summed E-state index contributed by atoms with van der Waals surface area (Å²) in [5.41, 5.74) is 0.521. The van der Waals surface area contributed by atoms with E-state index in [1.54, 1.807) is 19.2 Å². The molecule has 0 bridgehead atoms. The third kappa shape index (κ3) is 3.00. The first-order valence-electron chi connectivity index (χ1n) is 6.66. The predicted molar refractivity (Wildman–Crippen MR) is 70.9 cm³/mol. The normalized spacial score (nSPS) is 14.3. The van der Waals surface area contributed by atoms with Crippen LogP contribution in [0.1, 0.15) is 43.5 Å². The Labute approximate surface area is 108 Å². The summed E-state index contributed by atoms with van der Waals surface area (Å²) < 4.78 is 4.94. The topological polar surface area (TPSA) is 42.4 Å². The summed E-state index contributed by atoms with van der Waals surface area (Å²) in [5, 5.41) is 0. The first-order valence-corrected chi connectivity index (χ1v) is 6.66. The van der Waals surface area contributed by atoms with Crippen molar-refractivity contribution < 1.29 is 9.53 Å². The first-order chi connectivity index (χ1) is 8.76. The van der Waals surface area contributed by atoms with E-state index in [9.17, 15) is 4.79 Å². The Morgan fingerprint density at radius 2 is 2.22 bits per heavy atom. The van der Waals surface area contributed by atoms with Crippen molar-refractivity contribution in [3.63, 3.8) is 0 Å². The summed E-state index contributed by atoms with van der Waals surface area (Å²) in [6.45, 7) is 5.39. The Morgan fingerprint density at radius 3 is 2.72 bits per heavy atom. The van der Waals surface area contributed by atoms with Crippen LogP contribution in [0.4, 0.5) is 5.82 Å². The van der Waals surface area contributed by atoms with Gasteiger partial charge in [0, 0.05) is 18.8 Å². The molecule has 1 saturated carbocycles. The van der Waals surface area contributed by atoms with Crippen molar-refractivity contribution in [3.05, 3.63) is 23.9 Å². The van der Waals surface area contributed by atoms with Gasteiger partial charge in [-0.15, -0.1) is 0 Å². The molecular weight excluding hydrogens is 228 g/mol. The van der Waals surface area contributed by atoms with Gasteiger partial charge in [-0.1, -0.05) is 6.92 Å². The maximum absolute atomic E-state index is 11.5. The number of carbonyl (C=O) groups excluding carboxylic acids is 1. The number of esters is 1. The molecule has 1 heterocycles. The van der Waals surface area contributed by atoms with E-state index in [1.165, 1.54) is 12.8 Å². The minimum Gasteiger partial charge on any atom is -0.462 e. The average Bonchev–Trinajstić information content (AvgIpc) is 3.21. The number of hydrogen-bond donors (Lipinski definition) is 0. The van der Waals surface area contributed by atoms with E-state index >= 15 is 0 Å². The Morgan fingerprint density at radius 1 is 1.44 bits per heavy atom. The van der Waals surface area contributed by atoms with Crippen LogP contribution in [0, 0.1) is 0 Å². The van der Waals surface area contributed by atoms with Crippen LogP contribution >= 0.6 is 0 Å². The highest BCUT2D eigenvalue weighted by Crippen LogP contribution is 2.30. The van der Waals surface area contributed by atoms with E-state index in [0.717, 1.165) is 18.8 Å². The second-order valence-electron chi connectivity index (χ2n) is 4.55. The Bertz CT molecular complexity index is 399. The highest BCUT2D eigenvalue weighted by molar-refractivity contribution is 5.89. The van der Waals surface area contributed by atoms with E-state index in [2.05, 4.69) is 16.8 Å². The molecule has 0 atom stereocenters. The number of aromatic nitrogens is 1. The Kier molecular flexibility index (Phi) is 4.18. The van der Waals surface area contributed by atoms with Gasteiger partial charge in [-0.05, 0) is 38.3 Å². The summed E-state index contributed by atoms with van der Waals surface area (Å²) in [6.07, 6.45) is 5.22. The van der Waals surface area contributed by atoms with Gasteiger partial charge in [0.2, 0.25) is 0 Å². The Hall–Kier alpha value is -1.58. The molecule has 0 aromatic carbocycles. The molecule has 0 amide bonds. The zero-order valence-electron chi connectivity index (χ0n) is 11.1. The van der Waals surface area contributed by atoms with Crippen molar-refractivity contribution in [1.82, 2.24) is 4.98 Å². The third-order valence-corrected chi connectivity index (χ3v) is 3.01. The number of ether oxygens (including phenoxy) is 1. The number of hydrogen-bond acceptors (Lipinski definition) is 4. The summed E-state index contributed by atoms with van der Waals surface area (Å²) in [7, 11) is 0. The zero-order chi connectivity index (χ0) is 13.0. The van der Waals surface area contributed by atoms with Crippen molar-refractivity contribution >= 4 is 11.8 Å². The van der Waals surface area contributed by atoms with Crippen molar-refractivity contribution in [2.24, 2.45) is 0 Å². The third-order valence-electron chi connectivity index (χ3n) is 3.01. The molecule has 98 valence electrons.